The molecule has 0 aliphatic rings. The van der Waals surface area contributed by atoms with Crippen LogP contribution in [0, 0.1) is 43.2 Å². The van der Waals surface area contributed by atoms with Crippen LogP contribution in [0.3, 0.4) is 0 Å². The van der Waals surface area contributed by atoms with E-state index in [-0.39, 0.29) is 31.1 Å². The van der Waals surface area contributed by atoms with Gasteiger partial charge in [0.15, 0.2) is 0 Å². The zero-order valence-electron chi connectivity index (χ0n) is 15.9. The monoisotopic (exact) mass is 604 g/mol. The summed E-state index contributed by atoms with van der Waals surface area (Å²) in [7, 11) is 0. The second-order valence-corrected chi connectivity index (χ2v) is 6.07. The standard InChI is InChI=1S/2C12H11N2.U/c2*13-10-6-8-12(9-7-10)14-11-4-2-1-3-5-11;/h2*2-9,14H,13H2;/q2*-1;+2. The van der Waals surface area contributed by atoms with Crippen LogP contribution in [0.15, 0.2) is 97.1 Å². The number of nitrogen functional groups attached to an aromatic ring is 2. The Morgan fingerprint density at radius 3 is 1.03 bits per heavy atom. The summed E-state index contributed by atoms with van der Waals surface area (Å²) >= 11 is 0. The number of anilines is 6. The van der Waals surface area contributed by atoms with Crippen LogP contribution in [-0.4, -0.2) is 0 Å². The quantitative estimate of drug-likeness (QED) is 0.180. The molecule has 0 fully saturated rings. The number of nitrogens with one attached hydrogen (secondary N) is 2. The van der Waals surface area contributed by atoms with E-state index in [0.717, 1.165) is 34.1 Å². The van der Waals surface area contributed by atoms with Gasteiger partial charge in [-0.3, -0.25) is 0 Å². The van der Waals surface area contributed by atoms with E-state index in [1.165, 1.54) is 0 Å². The fourth-order valence-corrected chi connectivity index (χ4v) is 2.41. The average molecular weight is 604 g/mol. The summed E-state index contributed by atoms with van der Waals surface area (Å²) in [6.45, 7) is 0. The van der Waals surface area contributed by atoms with Crippen LogP contribution < -0.4 is 22.1 Å². The van der Waals surface area contributed by atoms with E-state index >= 15 is 0 Å². The van der Waals surface area contributed by atoms with Gasteiger partial charge in [0, 0.05) is 22.7 Å². The maximum absolute atomic E-state index is 5.59. The molecule has 4 aromatic carbocycles. The Morgan fingerprint density at radius 1 is 0.448 bits per heavy atom. The summed E-state index contributed by atoms with van der Waals surface area (Å²) in [6, 6.07) is 36.6. The van der Waals surface area contributed by atoms with Crippen LogP contribution in [0.4, 0.5) is 34.1 Å². The first kappa shape index (κ1) is 22.4. The van der Waals surface area contributed by atoms with E-state index < -0.39 is 0 Å². The first-order chi connectivity index (χ1) is 13.7. The minimum atomic E-state index is 0. The van der Waals surface area contributed by atoms with Crippen molar-refractivity contribution in [2.24, 2.45) is 0 Å². The molecule has 4 aromatic rings. The van der Waals surface area contributed by atoms with E-state index in [2.05, 4.69) is 22.8 Å². The predicted octanol–water partition coefficient (Wildman–Crippen LogP) is 5.63. The molecule has 0 aliphatic heterocycles. The number of hydrogen-bond donors (Lipinski definition) is 4. The molecule has 0 bridgehead atoms. The van der Waals surface area contributed by atoms with E-state index in [1.807, 2.05) is 97.1 Å². The fourth-order valence-electron chi connectivity index (χ4n) is 2.41. The first-order valence-electron chi connectivity index (χ1n) is 8.86. The van der Waals surface area contributed by atoms with Crippen LogP contribution in [0.2, 0.25) is 0 Å². The van der Waals surface area contributed by atoms with Crippen molar-refractivity contribution >= 4 is 34.1 Å². The molecule has 0 saturated carbocycles. The van der Waals surface area contributed by atoms with Crippen molar-refractivity contribution in [3.8, 4) is 0 Å². The molecule has 0 aliphatic carbocycles. The average Bonchev–Trinajstić information content (AvgIpc) is 2.74. The Labute approximate surface area is 195 Å². The molecule has 0 radical (unpaired) electrons. The van der Waals surface area contributed by atoms with Gasteiger partial charge in [-0.25, -0.2) is 0 Å². The number of rotatable bonds is 4. The summed E-state index contributed by atoms with van der Waals surface area (Å²) in [5.41, 5.74) is 16.9. The Morgan fingerprint density at radius 2 is 0.724 bits per heavy atom. The van der Waals surface area contributed by atoms with Crippen molar-refractivity contribution in [3.63, 3.8) is 0 Å². The van der Waals surface area contributed by atoms with Crippen molar-refractivity contribution in [2.75, 3.05) is 22.1 Å². The molecule has 0 amide bonds. The normalized spacial score (nSPS) is 9.38. The molecular formula is C24H22N4U. The molecule has 0 spiro atoms. The number of benzene rings is 4. The Balaban J connectivity index is 0.000000200. The van der Waals surface area contributed by atoms with Gasteiger partial charge in [-0.1, -0.05) is 11.4 Å². The van der Waals surface area contributed by atoms with E-state index in [0.29, 0.717) is 0 Å². The second-order valence-electron chi connectivity index (χ2n) is 6.07. The number of nitrogens with two attached hydrogens (primary N) is 2. The van der Waals surface area contributed by atoms with Gasteiger partial charge in [-0.15, -0.1) is 24.3 Å². The molecule has 29 heavy (non-hydrogen) atoms. The van der Waals surface area contributed by atoms with Crippen molar-refractivity contribution < 1.29 is 31.1 Å². The first-order valence-corrected chi connectivity index (χ1v) is 8.86. The Hall–Kier alpha value is -2.87. The summed E-state index contributed by atoms with van der Waals surface area (Å²) in [4.78, 5) is 0. The summed E-state index contributed by atoms with van der Waals surface area (Å²) in [5, 5.41) is 6.51. The van der Waals surface area contributed by atoms with E-state index in [9.17, 15) is 0 Å². The second kappa shape index (κ2) is 11.9. The fraction of sp³-hybridized carbons (Fsp3) is 0. The zero-order chi connectivity index (χ0) is 19.6. The smallest absolute Gasteiger partial charge is 0.399 e. The zero-order valence-corrected chi connectivity index (χ0v) is 20.1. The summed E-state index contributed by atoms with van der Waals surface area (Å²) in [6.07, 6.45) is 0. The molecule has 0 atom stereocenters. The third-order valence-electron chi connectivity index (χ3n) is 3.84. The molecule has 4 nitrogen and oxygen atoms in total. The van der Waals surface area contributed by atoms with Gasteiger partial charge in [-0.05, 0) is 48.5 Å². The molecule has 0 heterocycles. The third kappa shape index (κ3) is 7.95. The van der Waals surface area contributed by atoms with Crippen LogP contribution >= 0.6 is 0 Å². The van der Waals surface area contributed by atoms with Gasteiger partial charge in [0.25, 0.3) is 0 Å². The van der Waals surface area contributed by atoms with Gasteiger partial charge in [0.2, 0.25) is 0 Å². The maximum Gasteiger partial charge on any atom is 2.00 e. The largest absolute Gasteiger partial charge is 2.00 e. The van der Waals surface area contributed by atoms with Gasteiger partial charge >= 0.3 is 31.1 Å². The predicted molar refractivity (Wildman–Crippen MR) is 119 cm³/mol. The van der Waals surface area contributed by atoms with E-state index in [4.69, 9.17) is 11.5 Å². The topological polar surface area (TPSA) is 76.1 Å². The molecule has 0 aromatic heterocycles. The molecule has 0 saturated heterocycles. The van der Waals surface area contributed by atoms with Crippen LogP contribution in [0.1, 0.15) is 0 Å². The third-order valence-corrected chi connectivity index (χ3v) is 3.84. The van der Waals surface area contributed by atoms with Crippen molar-refractivity contribution in [1.82, 2.24) is 0 Å². The van der Waals surface area contributed by atoms with Crippen molar-refractivity contribution in [2.45, 2.75) is 0 Å². The van der Waals surface area contributed by atoms with Gasteiger partial charge in [-0.2, -0.15) is 36.4 Å². The molecule has 0 unspecified atom stereocenters. The molecule has 142 valence electrons. The summed E-state index contributed by atoms with van der Waals surface area (Å²) < 4.78 is 0. The van der Waals surface area contributed by atoms with Gasteiger partial charge < -0.3 is 22.1 Å². The Kier molecular flexibility index (Phi) is 9.17. The van der Waals surface area contributed by atoms with Crippen LogP contribution in [-0.2, 0) is 0 Å². The Bertz CT molecular complexity index is 874. The van der Waals surface area contributed by atoms with Gasteiger partial charge in [0.1, 0.15) is 0 Å². The number of hydrogen-bond acceptors (Lipinski definition) is 4. The summed E-state index contributed by atoms with van der Waals surface area (Å²) in [5.74, 6) is 0. The van der Waals surface area contributed by atoms with E-state index in [1.54, 1.807) is 0 Å². The molecule has 6 N–H and O–H groups in total. The van der Waals surface area contributed by atoms with Crippen molar-refractivity contribution in [1.29, 1.82) is 0 Å². The molecule has 5 heteroatoms. The van der Waals surface area contributed by atoms with Crippen LogP contribution in [0.5, 0.6) is 0 Å². The minimum absolute atomic E-state index is 0. The minimum Gasteiger partial charge on any atom is -0.399 e. The van der Waals surface area contributed by atoms with Gasteiger partial charge in [0.05, 0.1) is 0 Å². The van der Waals surface area contributed by atoms with Crippen LogP contribution in [0.25, 0.3) is 0 Å². The SMILES string of the molecule is Nc1ccc(Nc2cc[c-]cc2)cc1.Nc1ccc(Nc2cc[c-]cc2)cc1.[U+2]. The maximum atomic E-state index is 5.59. The molecule has 4 rings (SSSR count). The van der Waals surface area contributed by atoms with Crippen molar-refractivity contribution in [3.05, 3.63) is 109 Å². The molecular weight excluding hydrogens is 582 g/mol.